The highest BCUT2D eigenvalue weighted by molar-refractivity contribution is 4.56. The van der Waals surface area contributed by atoms with Gasteiger partial charge in [-0.15, -0.1) is 0 Å². The summed E-state index contributed by atoms with van der Waals surface area (Å²) in [5.74, 6) is 0. The summed E-state index contributed by atoms with van der Waals surface area (Å²) in [6.45, 7) is 6.62. The molecule has 80 valence electrons. The summed E-state index contributed by atoms with van der Waals surface area (Å²) < 4.78 is 0. The normalized spacial score (nSPS) is 15.7. The van der Waals surface area contributed by atoms with E-state index in [2.05, 4.69) is 10.6 Å². The highest BCUT2D eigenvalue weighted by Gasteiger charge is 1.95. The highest BCUT2D eigenvalue weighted by Crippen LogP contribution is 1.79. The van der Waals surface area contributed by atoms with E-state index in [-0.39, 0.29) is 12.2 Å². The van der Waals surface area contributed by atoms with Crippen LogP contribution < -0.4 is 10.6 Å². The van der Waals surface area contributed by atoms with Gasteiger partial charge in [-0.2, -0.15) is 0 Å². The van der Waals surface area contributed by atoms with Crippen molar-refractivity contribution in [1.29, 1.82) is 0 Å². The minimum atomic E-state index is -0.273. The SMILES string of the molecule is CC(O)CNCCCNCC(C)O. The van der Waals surface area contributed by atoms with Crippen molar-refractivity contribution in [3.63, 3.8) is 0 Å². The van der Waals surface area contributed by atoms with E-state index in [4.69, 9.17) is 10.2 Å². The van der Waals surface area contributed by atoms with Gasteiger partial charge in [0.15, 0.2) is 0 Å². The molecule has 4 N–H and O–H groups in total. The van der Waals surface area contributed by atoms with E-state index in [1.165, 1.54) is 0 Å². The molecule has 2 unspecified atom stereocenters. The molecule has 13 heavy (non-hydrogen) atoms. The average Bonchev–Trinajstić information content (AvgIpc) is 2.01. The van der Waals surface area contributed by atoms with Crippen LogP contribution in [-0.2, 0) is 0 Å². The van der Waals surface area contributed by atoms with E-state index in [1.54, 1.807) is 13.8 Å². The Morgan fingerprint density at radius 2 is 1.31 bits per heavy atom. The van der Waals surface area contributed by atoms with Gasteiger partial charge in [0.25, 0.3) is 0 Å². The van der Waals surface area contributed by atoms with Crippen LogP contribution in [0.25, 0.3) is 0 Å². The first kappa shape index (κ1) is 12.8. The van der Waals surface area contributed by atoms with Crippen LogP contribution in [0.1, 0.15) is 20.3 Å². The van der Waals surface area contributed by atoms with Gasteiger partial charge in [-0.05, 0) is 33.4 Å². The molecule has 0 heterocycles. The molecule has 0 radical (unpaired) electrons. The van der Waals surface area contributed by atoms with Crippen LogP contribution in [0, 0.1) is 0 Å². The summed E-state index contributed by atoms with van der Waals surface area (Å²) in [5.41, 5.74) is 0. The molecule has 0 saturated heterocycles. The Kier molecular flexibility index (Phi) is 8.33. The molecule has 0 bridgehead atoms. The zero-order valence-electron chi connectivity index (χ0n) is 8.58. The maximum atomic E-state index is 8.92. The van der Waals surface area contributed by atoms with Crippen molar-refractivity contribution in [2.75, 3.05) is 26.2 Å². The van der Waals surface area contributed by atoms with Crippen molar-refractivity contribution >= 4 is 0 Å². The summed E-state index contributed by atoms with van der Waals surface area (Å²) in [6, 6.07) is 0. The molecule has 0 aliphatic rings. The zero-order valence-corrected chi connectivity index (χ0v) is 8.58. The third-order valence-corrected chi connectivity index (χ3v) is 1.59. The summed E-state index contributed by atoms with van der Waals surface area (Å²) in [5, 5.41) is 24.1. The maximum Gasteiger partial charge on any atom is 0.0636 e. The molecule has 4 heteroatoms. The molecular weight excluding hydrogens is 168 g/mol. The van der Waals surface area contributed by atoms with E-state index in [9.17, 15) is 0 Å². The fourth-order valence-corrected chi connectivity index (χ4v) is 0.960. The molecule has 0 fully saturated rings. The minimum Gasteiger partial charge on any atom is -0.392 e. The number of hydrogen-bond donors (Lipinski definition) is 4. The van der Waals surface area contributed by atoms with Crippen LogP contribution in [0.5, 0.6) is 0 Å². The fourth-order valence-electron chi connectivity index (χ4n) is 0.960. The van der Waals surface area contributed by atoms with Gasteiger partial charge in [0.05, 0.1) is 12.2 Å². The van der Waals surface area contributed by atoms with Crippen molar-refractivity contribution < 1.29 is 10.2 Å². The van der Waals surface area contributed by atoms with Crippen molar-refractivity contribution in [3.05, 3.63) is 0 Å². The van der Waals surface area contributed by atoms with Gasteiger partial charge < -0.3 is 20.8 Å². The Morgan fingerprint density at radius 3 is 1.62 bits per heavy atom. The molecule has 0 aliphatic carbocycles. The summed E-state index contributed by atoms with van der Waals surface area (Å²) in [7, 11) is 0. The van der Waals surface area contributed by atoms with E-state index in [1.807, 2.05) is 0 Å². The van der Waals surface area contributed by atoms with Crippen molar-refractivity contribution in [1.82, 2.24) is 10.6 Å². The molecule has 0 saturated carbocycles. The Morgan fingerprint density at radius 1 is 0.923 bits per heavy atom. The second kappa shape index (κ2) is 8.44. The first-order valence-corrected chi connectivity index (χ1v) is 4.90. The Labute approximate surface area is 80.3 Å². The summed E-state index contributed by atoms with van der Waals surface area (Å²) in [4.78, 5) is 0. The lowest BCUT2D eigenvalue weighted by molar-refractivity contribution is 0.189. The van der Waals surface area contributed by atoms with Crippen LogP contribution in [0.15, 0.2) is 0 Å². The molecule has 0 aromatic heterocycles. The number of aliphatic hydroxyl groups excluding tert-OH is 2. The topological polar surface area (TPSA) is 64.5 Å². The second-order valence-corrected chi connectivity index (χ2v) is 3.46. The number of aliphatic hydroxyl groups is 2. The van der Waals surface area contributed by atoms with E-state index in [0.717, 1.165) is 19.5 Å². The molecular formula is C9H22N2O2. The van der Waals surface area contributed by atoms with Gasteiger partial charge in [0, 0.05) is 13.1 Å². The molecule has 0 aromatic rings. The molecule has 0 amide bonds. The van der Waals surface area contributed by atoms with Crippen LogP contribution in [0.4, 0.5) is 0 Å². The van der Waals surface area contributed by atoms with Gasteiger partial charge in [-0.1, -0.05) is 0 Å². The second-order valence-electron chi connectivity index (χ2n) is 3.46. The first-order chi connectivity index (χ1) is 6.13. The van der Waals surface area contributed by atoms with E-state index >= 15 is 0 Å². The fraction of sp³-hybridized carbons (Fsp3) is 1.00. The summed E-state index contributed by atoms with van der Waals surface area (Å²) >= 11 is 0. The monoisotopic (exact) mass is 190 g/mol. The number of nitrogens with one attached hydrogen (secondary N) is 2. The molecule has 4 nitrogen and oxygen atoms in total. The van der Waals surface area contributed by atoms with Gasteiger partial charge >= 0.3 is 0 Å². The number of rotatable bonds is 8. The lowest BCUT2D eigenvalue weighted by Gasteiger charge is -2.08. The highest BCUT2D eigenvalue weighted by atomic mass is 16.3. The van der Waals surface area contributed by atoms with Crippen molar-refractivity contribution in [2.45, 2.75) is 32.5 Å². The van der Waals surface area contributed by atoms with Crippen molar-refractivity contribution in [3.8, 4) is 0 Å². The molecule has 0 rings (SSSR count). The maximum absolute atomic E-state index is 8.92. The van der Waals surface area contributed by atoms with Gasteiger partial charge in [-0.25, -0.2) is 0 Å². The van der Waals surface area contributed by atoms with Crippen LogP contribution in [0.3, 0.4) is 0 Å². The average molecular weight is 190 g/mol. The van der Waals surface area contributed by atoms with Crippen LogP contribution >= 0.6 is 0 Å². The lowest BCUT2D eigenvalue weighted by atomic mass is 10.3. The Bertz CT molecular complexity index is 95.8. The Balaban J connectivity index is 2.92. The van der Waals surface area contributed by atoms with Crippen LogP contribution in [0.2, 0.25) is 0 Å². The van der Waals surface area contributed by atoms with Gasteiger partial charge in [-0.3, -0.25) is 0 Å². The Hall–Kier alpha value is -0.160. The zero-order chi connectivity index (χ0) is 10.1. The third kappa shape index (κ3) is 11.8. The van der Waals surface area contributed by atoms with Crippen LogP contribution in [-0.4, -0.2) is 48.6 Å². The van der Waals surface area contributed by atoms with E-state index in [0.29, 0.717) is 13.1 Å². The predicted molar refractivity (Wildman–Crippen MR) is 53.7 cm³/mol. The lowest BCUT2D eigenvalue weighted by Crippen LogP contribution is -2.30. The van der Waals surface area contributed by atoms with Gasteiger partial charge in [0.1, 0.15) is 0 Å². The standard InChI is InChI=1S/C9H22N2O2/c1-8(12)6-10-4-3-5-11-7-9(2)13/h8-13H,3-7H2,1-2H3. The van der Waals surface area contributed by atoms with Gasteiger partial charge in [0.2, 0.25) is 0 Å². The molecule has 0 aromatic carbocycles. The number of hydrogen-bond acceptors (Lipinski definition) is 4. The molecule has 2 atom stereocenters. The van der Waals surface area contributed by atoms with Crippen molar-refractivity contribution in [2.24, 2.45) is 0 Å². The minimum absolute atomic E-state index is 0.273. The largest absolute Gasteiger partial charge is 0.392 e. The predicted octanol–water partition coefficient (Wildman–Crippen LogP) is -0.683. The smallest absolute Gasteiger partial charge is 0.0636 e. The summed E-state index contributed by atoms with van der Waals surface area (Å²) in [6.07, 6.45) is 0.468. The quantitative estimate of drug-likeness (QED) is 0.383. The first-order valence-electron chi connectivity index (χ1n) is 4.90. The molecule has 0 aliphatic heterocycles. The third-order valence-electron chi connectivity index (χ3n) is 1.59. The molecule has 0 spiro atoms. The van der Waals surface area contributed by atoms with E-state index < -0.39 is 0 Å².